The molecule has 0 aliphatic carbocycles. The zero-order valence-corrected chi connectivity index (χ0v) is 9.11. The van der Waals surface area contributed by atoms with Crippen molar-refractivity contribution in [1.82, 2.24) is 5.32 Å². The normalized spacial score (nSPS) is 9.25. The lowest BCUT2D eigenvalue weighted by Gasteiger charge is -2.06. The van der Waals surface area contributed by atoms with Crippen LogP contribution in [0.1, 0.15) is 10.4 Å². The molecule has 3 heteroatoms. The quantitative estimate of drug-likeness (QED) is 0.741. The Morgan fingerprint density at radius 2 is 2.19 bits per heavy atom. The van der Waals surface area contributed by atoms with Crippen molar-refractivity contribution >= 4 is 5.91 Å². The van der Waals surface area contributed by atoms with Crippen LogP contribution in [-0.2, 0) is 0 Å². The fourth-order valence-electron chi connectivity index (χ4n) is 1.15. The molecule has 1 rings (SSSR count). The van der Waals surface area contributed by atoms with Crippen LogP contribution in [0.25, 0.3) is 0 Å². The van der Waals surface area contributed by atoms with Crippen LogP contribution in [0.15, 0.2) is 49.6 Å². The highest BCUT2D eigenvalue weighted by Crippen LogP contribution is 2.13. The van der Waals surface area contributed by atoms with Crippen LogP contribution in [0.2, 0.25) is 0 Å². The van der Waals surface area contributed by atoms with E-state index in [4.69, 9.17) is 4.74 Å². The minimum Gasteiger partial charge on any atom is -0.490 e. The van der Waals surface area contributed by atoms with Gasteiger partial charge >= 0.3 is 0 Å². The van der Waals surface area contributed by atoms with Gasteiger partial charge in [0.15, 0.2) is 0 Å². The molecule has 1 amide bonds. The highest BCUT2D eigenvalue weighted by atomic mass is 16.5. The van der Waals surface area contributed by atoms with Crippen molar-refractivity contribution in [2.45, 2.75) is 0 Å². The number of carbonyl (C=O) groups is 1. The number of benzene rings is 1. The van der Waals surface area contributed by atoms with Gasteiger partial charge in [-0.15, -0.1) is 6.58 Å². The van der Waals surface area contributed by atoms with E-state index in [9.17, 15) is 4.79 Å². The summed E-state index contributed by atoms with van der Waals surface area (Å²) >= 11 is 0. The first kappa shape index (κ1) is 12.0. The summed E-state index contributed by atoms with van der Waals surface area (Å²) in [6, 6.07) is 7.01. The molecule has 0 aromatic heterocycles. The first-order chi connectivity index (χ1) is 7.77. The lowest BCUT2D eigenvalue weighted by atomic mass is 10.2. The second-order valence-corrected chi connectivity index (χ2v) is 3.13. The molecule has 3 nitrogen and oxygen atoms in total. The topological polar surface area (TPSA) is 38.3 Å². The van der Waals surface area contributed by atoms with Crippen molar-refractivity contribution in [3.05, 3.63) is 55.1 Å². The van der Waals surface area contributed by atoms with E-state index in [1.807, 2.05) is 0 Å². The summed E-state index contributed by atoms with van der Waals surface area (Å²) < 4.78 is 5.33. The molecule has 0 heterocycles. The number of hydrogen-bond acceptors (Lipinski definition) is 2. The van der Waals surface area contributed by atoms with Crippen LogP contribution in [0, 0.1) is 0 Å². The first-order valence-corrected chi connectivity index (χ1v) is 5.00. The second kappa shape index (κ2) is 6.45. The molecule has 0 unspecified atom stereocenters. The van der Waals surface area contributed by atoms with Gasteiger partial charge in [0.1, 0.15) is 12.4 Å². The zero-order chi connectivity index (χ0) is 11.8. The average molecular weight is 217 g/mol. The Labute approximate surface area is 95.4 Å². The molecule has 1 aromatic carbocycles. The van der Waals surface area contributed by atoms with Crippen LogP contribution < -0.4 is 10.1 Å². The summed E-state index contributed by atoms with van der Waals surface area (Å²) in [4.78, 5) is 11.6. The molecule has 0 aliphatic heterocycles. The smallest absolute Gasteiger partial charge is 0.251 e. The minimum absolute atomic E-state index is 0.135. The van der Waals surface area contributed by atoms with Gasteiger partial charge in [0.2, 0.25) is 0 Å². The highest BCUT2D eigenvalue weighted by Gasteiger charge is 2.04. The van der Waals surface area contributed by atoms with Crippen molar-refractivity contribution in [2.24, 2.45) is 0 Å². The van der Waals surface area contributed by atoms with Crippen molar-refractivity contribution in [2.75, 3.05) is 13.2 Å². The van der Waals surface area contributed by atoms with Crippen LogP contribution in [0.5, 0.6) is 5.75 Å². The summed E-state index contributed by atoms with van der Waals surface area (Å²) in [5, 5.41) is 2.70. The van der Waals surface area contributed by atoms with Crippen molar-refractivity contribution < 1.29 is 9.53 Å². The van der Waals surface area contributed by atoms with Crippen LogP contribution in [0.3, 0.4) is 0 Å². The predicted octanol–water partition coefficient (Wildman–Crippen LogP) is 2.17. The molecule has 0 saturated carbocycles. The zero-order valence-electron chi connectivity index (χ0n) is 9.11. The summed E-state index contributed by atoms with van der Waals surface area (Å²) in [6.07, 6.45) is 3.29. The fourth-order valence-corrected chi connectivity index (χ4v) is 1.15. The van der Waals surface area contributed by atoms with Gasteiger partial charge in [0, 0.05) is 12.1 Å². The molecule has 16 heavy (non-hydrogen) atoms. The number of carbonyl (C=O) groups excluding carboxylic acids is 1. The van der Waals surface area contributed by atoms with E-state index in [2.05, 4.69) is 18.5 Å². The van der Waals surface area contributed by atoms with Crippen molar-refractivity contribution in [3.63, 3.8) is 0 Å². The van der Waals surface area contributed by atoms with Gasteiger partial charge < -0.3 is 10.1 Å². The maximum Gasteiger partial charge on any atom is 0.251 e. The van der Waals surface area contributed by atoms with Crippen LogP contribution in [0.4, 0.5) is 0 Å². The monoisotopic (exact) mass is 217 g/mol. The Balaban J connectivity index is 2.69. The van der Waals surface area contributed by atoms with E-state index >= 15 is 0 Å². The molecule has 1 N–H and O–H groups in total. The van der Waals surface area contributed by atoms with E-state index in [1.54, 1.807) is 36.4 Å². The maximum atomic E-state index is 11.6. The van der Waals surface area contributed by atoms with E-state index in [0.717, 1.165) is 0 Å². The Morgan fingerprint density at radius 3 is 2.88 bits per heavy atom. The minimum atomic E-state index is -0.135. The molecule has 0 atom stereocenters. The second-order valence-electron chi connectivity index (χ2n) is 3.13. The van der Waals surface area contributed by atoms with Gasteiger partial charge in [-0.2, -0.15) is 0 Å². The molecule has 1 aromatic rings. The lowest BCUT2D eigenvalue weighted by Crippen LogP contribution is -2.23. The molecule has 0 bridgehead atoms. The van der Waals surface area contributed by atoms with Crippen molar-refractivity contribution in [1.29, 1.82) is 0 Å². The Kier molecular flexibility index (Phi) is 4.86. The number of ether oxygens (including phenoxy) is 1. The van der Waals surface area contributed by atoms with Gasteiger partial charge in [0.05, 0.1) is 0 Å². The molecule has 0 spiro atoms. The number of hydrogen-bond donors (Lipinski definition) is 1. The van der Waals surface area contributed by atoms with Crippen LogP contribution >= 0.6 is 0 Å². The molecular formula is C13H15NO2. The van der Waals surface area contributed by atoms with Gasteiger partial charge in [-0.3, -0.25) is 4.79 Å². The van der Waals surface area contributed by atoms with E-state index in [1.165, 1.54) is 0 Å². The highest BCUT2D eigenvalue weighted by molar-refractivity contribution is 5.94. The van der Waals surface area contributed by atoms with Gasteiger partial charge in [0.25, 0.3) is 5.91 Å². The maximum absolute atomic E-state index is 11.6. The third kappa shape index (κ3) is 3.61. The summed E-state index contributed by atoms with van der Waals surface area (Å²) in [7, 11) is 0. The molecule has 0 fully saturated rings. The first-order valence-electron chi connectivity index (χ1n) is 5.00. The standard InChI is InChI=1S/C13H15NO2/c1-3-8-14-13(15)11-6-5-7-12(10-11)16-9-4-2/h3-7,10H,1-2,8-9H2,(H,14,15). The van der Waals surface area contributed by atoms with Crippen molar-refractivity contribution in [3.8, 4) is 5.75 Å². The summed E-state index contributed by atoms with van der Waals surface area (Å²) in [5.74, 6) is 0.523. The summed E-state index contributed by atoms with van der Waals surface area (Å²) in [5.41, 5.74) is 0.573. The van der Waals surface area contributed by atoms with Gasteiger partial charge in [-0.1, -0.05) is 24.8 Å². The Bertz CT molecular complexity index is 385. The third-order valence-electron chi connectivity index (χ3n) is 1.87. The van der Waals surface area contributed by atoms with Gasteiger partial charge in [-0.05, 0) is 18.2 Å². The summed E-state index contributed by atoms with van der Waals surface area (Å²) in [6.45, 7) is 7.98. The van der Waals surface area contributed by atoms with Gasteiger partial charge in [-0.25, -0.2) is 0 Å². The SMILES string of the molecule is C=CCNC(=O)c1cccc(OCC=C)c1. The molecule has 0 saturated heterocycles. The Morgan fingerprint density at radius 1 is 1.38 bits per heavy atom. The molecule has 0 radical (unpaired) electrons. The fraction of sp³-hybridized carbons (Fsp3) is 0.154. The molecule has 0 aliphatic rings. The number of nitrogens with one attached hydrogen (secondary N) is 1. The number of amides is 1. The Hall–Kier alpha value is -2.03. The van der Waals surface area contributed by atoms with E-state index < -0.39 is 0 Å². The van der Waals surface area contributed by atoms with E-state index in [-0.39, 0.29) is 5.91 Å². The largest absolute Gasteiger partial charge is 0.490 e. The molecule has 84 valence electrons. The predicted molar refractivity (Wildman–Crippen MR) is 64.7 cm³/mol. The molecular weight excluding hydrogens is 202 g/mol. The third-order valence-corrected chi connectivity index (χ3v) is 1.87. The lowest BCUT2D eigenvalue weighted by molar-refractivity contribution is 0.0957. The number of rotatable bonds is 6. The van der Waals surface area contributed by atoms with E-state index in [0.29, 0.717) is 24.5 Å². The van der Waals surface area contributed by atoms with Crippen LogP contribution in [-0.4, -0.2) is 19.1 Å². The average Bonchev–Trinajstić information content (AvgIpc) is 2.33.